The van der Waals surface area contributed by atoms with E-state index in [1.165, 1.54) is 4.90 Å². The Kier molecular flexibility index (Phi) is 6.39. The van der Waals surface area contributed by atoms with Crippen molar-refractivity contribution in [3.8, 4) is 11.5 Å². The molecule has 2 aromatic carbocycles. The third kappa shape index (κ3) is 4.51. The summed E-state index contributed by atoms with van der Waals surface area (Å²) in [6.45, 7) is 2.03. The van der Waals surface area contributed by atoms with Gasteiger partial charge in [0.1, 0.15) is 24.7 Å². The number of carbonyl (C=O) groups excluding carboxylic acids is 2. The number of methoxy groups -OCH3 is 1. The molecule has 7 nitrogen and oxygen atoms in total. The summed E-state index contributed by atoms with van der Waals surface area (Å²) in [5, 5.41) is 2.85. The van der Waals surface area contributed by atoms with E-state index >= 15 is 0 Å². The van der Waals surface area contributed by atoms with Gasteiger partial charge in [0.25, 0.3) is 0 Å². The van der Waals surface area contributed by atoms with Crippen molar-refractivity contribution in [1.29, 1.82) is 0 Å². The third-order valence-electron chi connectivity index (χ3n) is 4.75. The number of hydrogen-bond acceptors (Lipinski definition) is 5. The van der Waals surface area contributed by atoms with Crippen LogP contribution in [0.4, 0.5) is 4.79 Å². The Morgan fingerprint density at radius 2 is 1.76 bits per heavy atom. The molecule has 0 saturated heterocycles. The summed E-state index contributed by atoms with van der Waals surface area (Å²) in [5.41, 5.74) is 1.57. The number of benzene rings is 2. The Labute approximate surface area is 169 Å². The second kappa shape index (κ2) is 9.14. The Morgan fingerprint density at radius 1 is 1.07 bits per heavy atom. The van der Waals surface area contributed by atoms with Crippen LogP contribution in [0.3, 0.4) is 0 Å². The first-order chi connectivity index (χ1) is 14.0. The van der Waals surface area contributed by atoms with Crippen molar-refractivity contribution >= 4 is 12.0 Å². The highest BCUT2D eigenvalue weighted by Crippen LogP contribution is 2.35. The fourth-order valence-electron chi connectivity index (χ4n) is 3.13. The number of rotatable bonds is 7. The van der Waals surface area contributed by atoms with Crippen molar-refractivity contribution in [2.24, 2.45) is 0 Å². The lowest BCUT2D eigenvalue weighted by atomic mass is 9.94. The number of urea groups is 1. The maximum absolute atomic E-state index is 12.9. The summed E-state index contributed by atoms with van der Waals surface area (Å²) in [6.07, 6.45) is 0. The molecule has 2 aromatic rings. The first-order valence-electron chi connectivity index (χ1n) is 9.25. The maximum Gasteiger partial charge on any atom is 0.338 e. The summed E-state index contributed by atoms with van der Waals surface area (Å²) >= 11 is 0. The Morgan fingerprint density at radius 3 is 2.48 bits per heavy atom. The van der Waals surface area contributed by atoms with E-state index in [2.05, 4.69) is 5.32 Å². The molecule has 1 aliphatic heterocycles. The van der Waals surface area contributed by atoms with Crippen LogP contribution < -0.4 is 14.8 Å². The first kappa shape index (κ1) is 20.3. The lowest BCUT2D eigenvalue weighted by molar-refractivity contribution is -0.140. The molecule has 29 heavy (non-hydrogen) atoms. The van der Waals surface area contributed by atoms with Crippen molar-refractivity contribution in [3.05, 3.63) is 71.4 Å². The van der Waals surface area contributed by atoms with Gasteiger partial charge in [-0.15, -0.1) is 0 Å². The third-order valence-corrected chi connectivity index (χ3v) is 4.75. The van der Waals surface area contributed by atoms with Gasteiger partial charge in [-0.05, 0) is 25.1 Å². The van der Waals surface area contributed by atoms with Gasteiger partial charge in [0.15, 0.2) is 0 Å². The molecule has 1 atom stereocenters. The summed E-state index contributed by atoms with van der Waals surface area (Å²) in [6, 6.07) is 15.6. The number of esters is 1. The van der Waals surface area contributed by atoms with Gasteiger partial charge in [0, 0.05) is 18.3 Å². The summed E-state index contributed by atoms with van der Waals surface area (Å²) in [4.78, 5) is 26.6. The van der Waals surface area contributed by atoms with Gasteiger partial charge < -0.3 is 24.4 Å². The molecule has 1 unspecified atom stereocenters. The van der Waals surface area contributed by atoms with Gasteiger partial charge >= 0.3 is 12.0 Å². The average molecular weight is 396 g/mol. The molecule has 0 radical (unpaired) electrons. The van der Waals surface area contributed by atoms with Gasteiger partial charge in [0.2, 0.25) is 0 Å². The van der Waals surface area contributed by atoms with Gasteiger partial charge in [-0.1, -0.05) is 36.4 Å². The van der Waals surface area contributed by atoms with Gasteiger partial charge in [-0.3, -0.25) is 0 Å². The summed E-state index contributed by atoms with van der Waals surface area (Å²) in [5.74, 6) is 0.769. The maximum atomic E-state index is 12.9. The number of amides is 2. The molecule has 0 spiro atoms. The van der Waals surface area contributed by atoms with Gasteiger partial charge in [-0.25, -0.2) is 9.59 Å². The van der Waals surface area contributed by atoms with E-state index in [9.17, 15) is 9.59 Å². The highest BCUT2D eigenvalue weighted by atomic mass is 16.6. The predicted molar refractivity (Wildman–Crippen MR) is 108 cm³/mol. The van der Waals surface area contributed by atoms with Crippen LogP contribution in [0, 0.1) is 0 Å². The second-order valence-corrected chi connectivity index (χ2v) is 6.48. The molecule has 1 heterocycles. The molecule has 7 heteroatoms. The zero-order valence-corrected chi connectivity index (χ0v) is 16.7. The highest BCUT2D eigenvalue weighted by molar-refractivity contribution is 5.95. The molecule has 0 bridgehead atoms. The van der Waals surface area contributed by atoms with Crippen molar-refractivity contribution in [2.45, 2.75) is 13.0 Å². The number of para-hydroxylation sites is 2. The van der Waals surface area contributed by atoms with Crippen molar-refractivity contribution in [2.75, 3.05) is 27.4 Å². The van der Waals surface area contributed by atoms with E-state index in [4.69, 9.17) is 14.2 Å². The molecule has 3 rings (SSSR count). The molecule has 1 N–H and O–H groups in total. The second-order valence-electron chi connectivity index (χ2n) is 6.48. The minimum absolute atomic E-state index is 0.0841. The van der Waals surface area contributed by atoms with Crippen LogP contribution in [0.1, 0.15) is 18.5 Å². The Bertz CT molecular complexity index is 910. The van der Waals surface area contributed by atoms with E-state index in [1.54, 1.807) is 27.1 Å². The van der Waals surface area contributed by atoms with Crippen LogP contribution in [-0.4, -0.2) is 44.3 Å². The smallest absolute Gasteiger partial charge is 0.338 e. The SMILES string of the molecule is COc1ccccc1C1NC(=O)N(C)C(C)=C1C(=O)OCCOc1ccccc1. The quantitative estimate of drug-likeness (QED) is 0.574. The lowest BCUT2D eigenvalue weighted by Gasteiger charge is -2.33. The monoisotopic (exact) mass is 396 g/mol. The zero-order chi connectivity index (χ0) is 20.8. The number of carbonyl (C=O) groups is 2. The van der Waals surface area contributed by atoms with Crippen LogP contribution in [0.25, 0.3) is 0 Å². The molecular weight excluding hydrogens is 372 g/mol. The average Bonchev–Trinajstić information content (AvgIpc) is 2.75. The lowest BCUT2D eigenvalue weighted by Crippen LogP contribution is -2.46. The number of nitrogens with zero attached hydrogens (tertiary/aromatic N) is 1. The van der Waals surface area contributed by atoms with Gasteiger partial charge in [0.05, 0.1) is 18.7 Å². The normalized spacial score (nSPS) is 16.3. The predicted octanol–water partition coefficient (Wildman–Crippen LogP) is 3.29. The number of ether oxygens (including phenoxy) is 3. The van der Waals surface area contributed by atoms with Gasteiger partial charge in [-0.2, -0.15) is 0 Å². The minimum atomic E-state index is -0.669. The Balaban J connectivity index is 1.77. The fraction of sp³-hybridized carbons (Fsp3) is 0.273. The van der Waals surface area contributed by atoms with E-state index in [-0.39, 0.29) is 19.2 Å². The van der Waals surface area contributed by atoms with Crippen molar-refractivity contribution in [3.63, 3.8) is 0 Å². The molecule has 0 aromatic heterocycles. The van der Waals surface area contributed by atoms with Crippen LogP contribution in [0.2, 0.25) is 0 Å². The first-order valence-corrected chi connectivity index (χ1v) is 9.25. The molecule has 2 amide bonds. The molecule has 0 fully saturated rings. The van der Waals surface area contributed by atoms with E-state index in [1.807, 2.05) is 48.5 Å². The van der Waals surface area contributed by atoms with Crippen LogP contribution in [0.5, 0.6) is 11.5 Å². The fourth-order valence-corrected chi connectivity index (χ4v) is 3.13. The van der Waals surface area contributed by atoms with E-state index in [0.717, 1.165) is 0 Å². The number of allylic oxidation sites excluding steroid dienone is 1. The number of nitrogens with one attached hydrogen (secondary N) is 1. The van der Waals surface area contributed by atoms with Crippen molar-refractivity contribution < 1.29 is 23.8 Å². The Hall–Kier alpha value is -3.48. The standard InChI is InChI=1S/C22H24N2O5/c1-15-19(21(25)29-14-13-28-16-9-5-4-6-10-16)20(23-22(26)24(15)2)17-11-7-8-12-18(17)27-3/h4-12,20H,13-14H2,1-3H3,(H,23,26). The molecular formula is C22H24N2O5. The summed E-state index contributed by atoms with van der Waals surface area (Å²) < 4.78 is 16.4. The van der Waals surface area contributed by atoms with Crippen molar-refractivity contribution in [1.82, 2.24) is 10.2 Å². The molecule has 0 saturated carbocycles. The molecule has 0 aliphatic carbocycles. The van der Waals surface area contributed by atoms with Crippen LogP contribution in [0.15, 0.2) is 65.9 Å². The number of hydrogen-bond donors (Lipinski definition) is 1. The minimum Gasteiger partial charge on any atom is -0.496 e. The largest absolute Gasteiger partial charge is 0.496 e. The summed E-state index contributed by atoms with van der Waals surface area (Å²) in [7, 11) is 3.15. The zero-order valence-electron chi connectivity index (χ0n) is 16.7. The molecule has 1 aliphatic rings. The van der Waals surface area contributed by atoms with E-state index in [0.29, 0.717) is 28.3 Å². The topological polar surface area (TPSA) is 77.1 Å². The van der Waals surface area contributed by atoms with Crippen LogP contribution in [-0.2, 0) is 9.53 Å². The van der Waals surface area contributed by atoms with E-state index < -0.39 is 12.0 Å². The molecule has 152 valence electrons. The van der Waals surface area contributed by atoms with Crippen LogP contribution >= 0.6 is 0 Å². The highest BCUT2D eigenvalue weighted by Gasteiger charge is 2.36.